The van der Waals surface area contributed by atoms with Crippen LogP contribution in [0.4, 0.5) is 0 Å². The first-order chi connectivity index (χ1) is 7.61. The molecule has 4 heteroatoms. The molecule has 2 rings (SSSR count). The van der Waals surface area contributed by atoms with E-state index >= 15 is 0 Å². The number of carboxylic acid groups (broad SMARTS) is 1. The summed E-state index contributed by atoms with van der Waals surface area (Å²) in [6.45, 7) is 1.46. The Hall–Kier alpha value is -1.06. The second-order valence-electron chi connectivity index (χ2n) is 5.06. The van der Waals surface area contributed by atoms with E-state index in [1.165, 1.54) is 19.8 Å². The lowest BCUT2D eigenvalue weighted by Crippen LogP contribution is -2.61. The van der Waals surface area contributed by atoms with Gasteiger partial charge >= 0.3 is 5.97 Å². The number of carboxylic acids is 1. The molecule has 90 valence electrons. The lowest BCUT2D eigenvalue weighted by molar-refractivity contribution is -0.156. The molecule has 0 aromatic rings. The molecule has 0 aromatic carbocycles. The van der Waals surface area contributed by atoms with E-state index < -0.39 is 5.97 Å². The molecular weight excluding hydrogens is 206 g/mol. The zero-order valence-electron chi connectivity index (χ0n) is 9.61. The predicted octanol–water partition coefficient (Wildman–Crippen LogP) is 1.40. The van der Waals surface area contributed by atoms with Crippen LogP contribution in [0.3, 0.4) is 0 Å². The fourth-order valence-electron chi connectivity index (χ4n) is 3.41. The van der Waals surface area contributed by atoms with Gasteiger partial charge in [-0.2, -0.15) is 0 Å². The van der Waals surface area contributed by atoms with E-state index in [1.54, 1.807) is 0 Å². The first-order valence-electron chi connectivity index (χ1n) is 6.11. The highest BCUT2D eigenvalue weighted by molar-refractivity contribution is 5.77. The molecule has 0 aromatic heterocycles. The van der Waals surface area contributed by atoms with Crippen molar-refractivity contribution in [2.75, 3.05) is 0 Å². The summed E-state index contributed by atoms with van der Waals surface area (Å²) in [5.41, 5.74) is 0. The fraction of sp³-hybridized carbons (Fsp3) is 0.833. The third-order valence-electron chi connectivity index (χ3n) is 4.09. The van der Waals surface area contributed by atoms with Gasteiger partial charge in [0.05, 0.1) is 5.92 Å². The lowest BCUT2D eigenvalue weighted by Gasteiger charge is -2.49. The Bertz CT molecular complexity index is 303. The Morgan fingerprint density at radius 1 is 1.12 bits per heavy atom. The maximum absolute atomic E-state index is 11.2. The van der Waals surface area contributed by atoms with Crippen LogP contribution in [0, 0.1) is 17.8 Å². The molecule has 4 nitrogen and oxygen atoms in total. The molecule has 0 bridgehead atoms. The lowest BCUT2D eigenvalue weighted by atomic mass is 9.58. The van der Waals surface area contributed by atoms with Crippen LogP contribution in [0.5, 0.6) is 0 Å². The highest BCUT2D eigenvalue weighted by Crippen LogP contribution is 2.48. The maximum Gasteiger partial charge on any atom is 0.308 e. The van der Waals surface area contributed by atoms with Gasteiger partial charge in [0.1, 0.15) is 0 Å². The number of nitrogens with one attached hydrogen (secondary N) is 1. The number of fused-ring (bicyclic) bond motifs is 1. The summed E-state index contributed by atoms with van der Waals surface area (Å²) in [6.07, 6.45) is 5.59. The average Bonchev–Trinajstić information content (AvgIpc) is 2.36. The van der Waals surface area contributed by atoms with Gasteiger partial charge in [-0.25, -0.2) is 0 Å². The van der Waals surface area contributed by atoms with Crippen molar-refractivity contribution in [3.05, 3.63) is 0 Å². The van der Waals surface area contributed by atoms with Gasteiger partial charge in [-0.15, -0.1) is 0 Å². The third-order valence-corrected chi connectivity index (χ3v) is 4.09. The molecule has 0 heterocycles. The van der Waals surface area contributed by atoms with Crippen LogP contribution in [-0.2, 0) is 9.59 Å². The van der Waals surface area contributed by atoms with Crippen molar-refractivity contribution in [3.63, 3.8) is 0 Å². The van der Waals surface area contributed by atoms with Gasteiger partial charge in [0.15, 0.2) is 0 Å². The SMILES string of the molecule is CC(=O)N[C@H]1[C@H]2CCCCC[C@H]2[C@H]1C(=O)O. The molecule has 2 N–H and O–H groups in total. The zero-order chi connectivity index (χ0) is 11.7. The Labute approximate surface area is 95.4 Å². The second kappa shape index (κ2) is 4.44. The van der Waals surface area contributed by atoms with Crippen molar-refractivity contribution >= 4 is 11.9 Å². The van der Waals surface area contributed by atoms with Crippen LogP contribution >= 0.6 is 0 Å². The monoisotopic (exact) mass is 225 g/mol. The van der Waals surface area contributed by atoms with Crippen LogP contribution in [-0.4, -0.2) is 23.0 Å². The molecular formula is C12H19NO3. The molecule has 0 saturated heterocycles. The summed E-state index contributed by atoms with van der Waals surface area (Å²) >= 11 is 0. The fourth-order valence-corrected chi connectivity index (χ4v) is 3.41. The summed E-state index contributed by atoms with van der Waals surface area (Å²) in [4.78, 5) is 22.3. The van der Waals surface area contributed by atoms with E-state index in [1.807, 2.05) is 0 Å². The number of hydrogen-bond acceptors (Lipinski definition) is 2. The molecule has 2 aliphatic carbocycles. The molecule has 1 amide bonds. The molecule has 2 fully saturated rings. The number of amides is 1. The molecule has 0 spiro atoms. The van der Waals surface area contributed by atoms with Gasteiger partial charge in [-0.3, -0.25) is 9.59 Å². The highest BCUT2D eigenvalue weighted by atomic mass is 16.4. The van der Waals surface area contributed by atoms with E-state index in [2.05, 4.69) is 5.32 Å². The van der Waals surface area contributed by atoms with Crippen molar-refractivity contribution in [2.24, 2.45) is 17.8 Å². The van der Waals surface area contributed by atoms with E-state index in [4.69, 9.17) is 0 Å². The van der Waals surface area contributed by atoms with Gasteiger partial charge < -0.3 is 10.4 Å². The van der Waals surface area contributed by atoms with Crippen molar-refractivity contribution in [3.8, 4) is 0 Å². The number of carbonyl (C=O) groups is 2. The first kappa shape index (κ1) is 11.4. The normalized spacial score (nSPS) is 37.8. The number of carbonyl (C=O) groups excluding carboxylic acids is 1. The largest absolute Gasteiger partial charge is 0.481 e. The molecule has 4 atom stereocenters. The van der Waals surface area contributed by atoms with E-state index in [0.29, 0.717) is 5.92 Å². The minimum atomic E-state index is -0.748. The van der Waals surface area contributed by atoms with Gasteiger partial charge in [-0.1, -0.05) is 19.3 Å². The summed E-state index contributed by atoms with van der Waals surface area (Å²) in [6, 6.07) is -0.127. The van der Waals surface area contributed by atoms with E-state index in [9.17, 15) is 14.7 Å². The molecule has 2 aliphatic rings. The van der Waals surface area contributed by atoms with Crippen LogP contribution in [0.25, 0.3) is 0 Å². The van der Waals surface area contributed by atoms with Crippen LogP contribution in [0.2, 0.25) is 0 Å². The highest BCUT2D eigenvalue weighted by Gasteiger charge is 2.53. The number of aliphatic carboxylic acids is 1. The van der Waals surface area contributed by atoms with Crippen molar-refractivity contribution < 1.29 is 14.7 Å². The Morgan fingerprint density at radius 3 is 2.31 bits per heavy atom. The molecule has 0 aliphatic heterocycles. The standard InChI is InChI=1S/C12H19NO3/c1-7(14)13-11-9-6-4-2-3-5-8(9)10(11)12(15)16/h8-11H,2-6H2,1H3,(H,13,14)(H,15,16)/t8-,9+,10-,11+/m1/s1. The summed E-state index contributed by atoms with van der Waals surface area (Å²) in [5, 5.41) is 12.0. The average molecular weight is 225 g/mol. The summed E-state index contributed by atoms with van der Waals surface area (Å²) in [7, 11) is 0. The second-order valence-corrected chi connectivity index (χ2v) is 5.06. The van der Waals surface area contributed by atoms with E-state index in [0.717, 1.165) is 19.3 Å². The molecule has 2 saturated carbocycles. The maximum atomic E-state index is 11.2. The topological polar surface area (TPSA) is 66.4 Å². The minimum absolute atomic E-state index is 0.112. The van der Waals surface area contributed by atoms with Crippen molar-refractivity contribution in [2.45, 2.75) is 45.1 Å². The third kappa shape index (κ3) is 1.93. The predicted molar refractivity (Wildman–Crippen MR) is 58.8 cm³/mol. The Morgan fingerprint density at radius 2 is 1.75 bits per heavy atom. The quantitative estimate of drug-likeness (QED) is 0.746. The minimum Gasteiger partial charge on any atom is -0.481 e. The van der Waals surface area contributed by atoms with E-state index in [-0.39, 0.29) is 23.8 Å². The Balaban J connectivity index is 2.09. The van der Waals surface area contributed by atoms with Crippen LogP contribution in [0.15, 0.2) is 0 Å². The molecule has 0 unspecified atom stereocenters. The van der Waals surface area contributed by atoms with Crippen LogP contribution < -0.4 is 5.32 Å². The summed E-state index contributed by atoms with van der Waals surface area (Å²) in [5.74, 6) is -0.530. The summed E-state index contributed by atoms with van der Waals surface area (Å²) < 4.78 is 0. The van der Waals surface area contributed by atoms with Gasteiger partial charge in [0.25, 0.3) is 0 Å². The van der Waals surface area contributed by atoms with Crippen LogP contribution in [0.1, 0.15) is 39.0 Å². The Kier molecular flexibility index (Phi) is 3.17. The zero-order valence-corrected chi connectivity index (χ0v) is 9.61. The molecule has 16 heavy (non-hydrogen) atoms. The molecule has 0 radical (unpaired) electrons. The van der Waals surface area contributed by atoms with Gasteiger partial charge in [0.2, 0.25) is 5.91 Å². The van der Waals surface area contributed by atoms with Gasteiger partial charge in [-0.05, 0) is 24.7 Å². The number of rotatable bonds is 2. The smallest absolute Gasteiger partial charge is 0.308 e. The van der Waals surface area contributed by atoms with Crippen molar-refractivity contribution in [1.82, 2.24) is 5.32 Å². The first-order valence-corrected chi connectivity index (χ1v) is 6.11. The van der Waals surface area contributed by atoms with Gasteiger partial charge in [0, 0.05) is 13.0 Å². The number of hydrogen-bond donors (Lipinski definition) is 2. The van der Waals surface area contributed by atoms with Crippen molar-refractivity contribution in [1.29, 1.82) is 0 Å².